The molecule has 0 amide bonds. The van der Waals surface area contributed by atoms with Crippen LogP contribution in [-0.2, 0) is 7.67 Å². The quantitative estimate of drug-likeness (QED) is 0.583. The van der Waals surface area contributed by atoms with Gasteiger partial charge in [0.05, 0.1) is 0 Å². The molecular weight excluding hydrogens is 223 g/mol. The van der Waals surface area contributed by atoms with E-state index >= 15 is 0 Å². The molecule has 1 fully saturated rings. The van der Waals surface area contributed by atoms with E-state index in [1.807, 2.05) is 23.9 Å². The fourth-order valence-electron chi connectivity index (χ4n) is 1.69. The van der Waals surface area contributed by atoms with Crippen LogP contribution in [0, 0.1) is 0 Å². The average molecular weight is 239 g/mol. The van der Waals surface area contributed by atoms with Crippen LogP contribution in [0.2, 0.25) is 0 Å². The topological polar surface area (TPSA) is 40.6 Å². The van der Waals surface area contributed by atoms with Crippen molar-refractivity contribution >= 4 is 13.8 Å². The van der Waals surface area contributed by atoms with E-state index in [2.05, 4.69) is 13.8 Å². The van der Waals surface area contributed by atoms with Crippen LogP contribution in [0.5, 0.6) is 0 Å². The molecule has 5 heteroatoms. The zero-order valence-corrected chi connectivity index (χ0v) is 9.77. The van der Waals surface area contributed by atoms with Gasteiger partial charge in [-0.25, -0.2) is 0 Å². The van der Waals surface area contributed by atoms with Crippen molar-refractivity contribution < 1.29 is 7.67 Å². The molecule has 0 saturated carbocycles. The van der Waals surface area contributed by atoms with Gasteiger partial charge in [0.2, 0.25) is 0 Å². The van der Waals surface area contributed by atoms with Crippen molar-refractivity contribution in [3.8, 4) is 0 Å². The Bertz CT molecular complexity index is 220. The predicted octanol–water partition coefficient (Wildman–Crippen LogP) is -0.413. The summed E-state index contributed by atoms with van der Waals surface area (Å²) in [5.74, 6) is 0. The van der Waals surface area contributed by atoms with Gasteiger partial charge in [0, 0.05) is 0 Å². The maximum absolute atomic E-state index is 10.9. The Morgan fingerprint density at radius 1 is 1.00 bits per heavy atom. The van der Waals surface area contributed by atoms with Crippen LogP contribution in [0.3, 0.4) is 0 Å². The van der Waals surface area contributed by atoms with Crippen LogP contribution < -0.4 is 0 Å². The van der Waals surface area contributed by atoms with Gasteiger partial charge in [-0.1, -0.05) is 0 Å². The molecule has 1 saturated heterocycles. The van der Waals surface area contributed by atoms with Crippen LogP contribution in [0.4, 0.5) is 0 Å². The van der Waals surface area contributed by atoms with E-state index < -0.39 is 13.8 Å². The van der Waals surface area contributed by atoms with Crippen molar-refractivity contribution in [2.45, 2.75) is 31.0 Å². The molecule has 2 atom stereocenters. The molecule has 1 rings (SSSR count). The van der Waals surface area contributed by atoms with E-state index in [1.54, 1.807) is 0 Å². The Hall–Kier alpha value is 0.0395. The van der Waals surface area contributed by atoms with E-state index in [1.165, 1.54) is 0 Å². The molecule has 2 unspecified atom stereocenters. The second-order valence-corrected chi connectivity index (χ2v) is 5.61. The van der Waals surface area contributed by atoms with E-state index in [-0.39, 0.29) is 5.06 Å². The Labute approximate surface area is 76.8 Å². The normalized spacial score (nSPS) is 39.6. The van der Waals surface area contributed by atoms with E-state index in [0.717, 1.165) is 0 Å². The third kappa shape index (κ3) is 1.42. The van der Waals surface area contributed by atoms with Crippen molar-refractivity contribution in [3.05, 3.63) is 0 Å². The Balaban J connectivity index is 2.90. The minimum absolute atomic E-state index is 0.319. The van der Waals surface area contributed by atoms with E-state index in [4.69, 9.17) is 0 Å². The molecule has 0 spiro atoms. The second-order valence-electron chi connectivity index (χ2n) is 3.44. The second kappa shape index (κ2) is 3.42. The molecule has 0 bridgehead atoms. The van der Waals surface area contributed by atoms with Crippen molar-refractivity contribution in [3.63, 3.8) is 0 Å². The molecule has 0 radical (unpaired) electrons. The van der Waals surface area contributed by atoms with Gasteiger partial charge in [-0.05, 0) is 0 Å². The Morgan fingerprint density at radius 3 is 1.50 bits per heavy atom. The molecule has 12 heavy (non-hydrogen) atoms. The first kappa shape index (κ1) is 10.1. The van der Waals surface area contributed by atoms with Crippen LogP contribution in [0.25, 0.3) is 0 Å². The Kier molecular flexibility index (Phi) is 2.88. The molecule has 0 aromatic rings. The third-order valence-corrected chi connectivity index (χ3v) is 5.22. The van der Waals surface area contributed by atoms with Gasteiger partial charge < -0.3 is 0 Å². The van der Waals surface area contributed by atoms with Crippen LogP contribution in [-0.4, -0.2) is 54.8 Å². The summed E-state index contributed by atoms with van der Waals surface area (Å²) in [6, 6.07) is 0.638. The van der Waals surface area contributed by atoms with Crippen molar-refractivity contribution in [1.29, 1.82) is 0 Å². The summed E-state index contributed by atoms with van der Waals surface area (Å²) in [4.78, 5) is 3.84. The molecule has 0 aromatic carbocycles. The van der Waals surface area contributed by atoms with Crippen molar-refractivity contribution in [2.75, 3.05) is 14.1 Å². The minimum atomic E-state index is -3.13. The van der Waals surface area contributed by atoms with Crippen molar-refractivity contribution in [1.82, 2.24) is 9.80 Å². The van der Waals surface area contributed by atoms with Crippen LogP contribution in [0.15, 0.2) is 0 Å². The maximum atomic E-state index is 10.9. The Morgan fingerprint density at radius 2 is 1.33 bits per heavy atom. The van der Waals surface area contributed by atoms with E-state index in [0.29, 0.717) is 12.1 Å². The molecule has 1 aliphatic rings. The summed E-state index contributed by atoms with van der Waals surface area (Å²) in [6.45, 7) is 4.11. The summed E-state index contributed by atoms with van der Waals surface area (Å²) in [7, 11) is 3.74. The monoisotopic (exact) mass is 240 g/mol. The summed E-state index contributed by atoms with van der Waals surface area (Å²) < 4.78 is 21.9. The number of likely N-dealkylation sites (N-methyl/N-ethyl adjacent to an activating group) is 2. The first-order valence-electron chi connectivity index (χ1n) is 4.04. The zero-order valence-electron chi connectivity index (χ0n) is 7.89. The summed E-state index contributed by atoms with van der Waals surface area (Å²) in [6.07, 6.45) is 0. The standard InChI is InChI=1S/C7H16N2O2Se/c1-5-6(2)9(4)7(8(5)3)12(10)11/h5-7,12H,1-4H3. The summed E-state index contributed by atoms with van der Waals surface area (Å²) in [5.41, 5.74) is 0. The molecule has 1 heterocycles. The number of hydrogen-bond acceptors (Lipinski definition) is 4. The molecule has 1 aliphatic heterocycles. The molecule has 72 valence electrons. The summed E-state index contributed by atoms with van der Waals surface area (Å²) in [5, 5.41) is -0.345. The van der Waals surface area contributed by atoms with Gasteiger partial charge in [-0.2, -0.15) is 0 Å². The van der Waals surface area contributed by atoms with Gasteiger partial charge >= 0.3 is 76.3 Å². The first-order chi connectivity index (χ1) is 5.46. The van der Waals surface area contributed by atoms with Gasteiger partial charge in [-0.3, -0.25) is 0 Å². The predicted molar refractivity (Wildman–Crippen MR) is 46.8 cm³/mol. The fourth-order valence-corrected chi connectivity index (χ4v) is 3.82. The molecule has 0 aliphatic carbocycles. The molecule has 0 aromatic heterocycles. The van der Waals surface area contributed by atoms with Gasteiger partial charge in [0.25, 0.3) is 0 Å². The van der Waals surface area contributed by atoms with Crippen molar-refractivity contribution in [2.24, 2.45) is 0 Å². The van der Waals surface area contributed by atoms with Gasteiger partial charge in [0.15, 0.2) is 0 Å². The number of hydrogen-bond donors (Lipinski definition) is 0. The zero-order chi connectivity index (χ0) is 9.46. The van der Waals surface area contributed by atoms with Crippen LogP contribution in [0.1, 0.15) is 13.8 Å². The molecular formula is C7H16N2O2Se. The van der Waals surface area contributed by atoms with Gasteiger partial charge in [-0.15, -0.1) is 0 Å². The first-order valence-corrected chi connectivity index (χ1v) is 6.65. The number of nitrogens with zero attached hydrogens (tertiary/aromatic N) is 2. The van der Waals surface area contributed by atoms with Crippen LogP contribution >= 0.6 is 0 Å². The fraction of sp³-hybridized carbons (Fsp3) is 1.00. The summed E-state index contributed by atoms with van der Waals surface area (Å²) >= 11 is -3.13. The SMILES string of the molecule is CC1C(C)N(C)C([SeH](=O)=O)N1C. The molecule has 4 nitrogen and oxygen atoms in total. The average Bonchev–Trinajstić information content (AvgIpc) is 2.16. The number of rotatable bonds is 1. The third-order valence-electron chi connectivity index (χ3n) is 2.90. The van der Waals surface area contributed by atoms with Gasteiger partial charge in [0.1, 0.15) is 0 Å². The molecule has 0 N–H and O–H groups in total. The van der Waals surface area contributed by atoms with E-state index in [9.17, 15) is 7.67 Å².